The molecule has 110 valence electrons. The molecular weight excluding hydrogens is 266 g/mol. The smallest absolute Gasteiger partial charge is 0.275 e. The van der Waals surface area contributed by atoms with E-state index in [2.05, 4.69) is 19.9 Å². The van der Waals surface area contributed by atoms with Crippen molar-refractivity contribution in [2.24, 2.45) is 0 Å². The maximum Gasteiger partial charge on any atom is 0.275 e. The molecular formula is C15H19N5O. The molecule has 1 saturated carbocycles. The molecule has 4 rings (SSSR count). The summed E-state index contributed by atoms with van der Waals surface area (Å²) in [5.74, 6) is 0.821. The summed E-state index contributed by atoms with van der Waals surface area (Å²) in [4.78, 5) is 30.2. The monoisotopic (exact) mass is 285 g/mol. The number of H-pyrrole nitrogens is 2. The van der Waals surface area contributed by atoms with Gasteiger partial charge in [0.25, 0.3) is 5.91 Å². The lowest BCUT2D eigenvalue weighted by Gasteiger charge is -2.51. The van der Waals surface area contributed by atoms with Crippen LogP contribution in [0, 0.1) is 13.8 Å². The van der Waals surface area contributed by atoms with Crippen LogP contribution in [-0.4, -0.2) is 37.3 Å². The van der Waals surface area contributed by atoms with Gasteiger partial charge in [-0.1, -0.05) is 0 Å². The Morgan fingerprint density at radius 2 is 2.19 bits per heavy atom. The number of hydrogen-bond acceptors (Lipinski definition) is 3. The second kappa shape index (κ2) is 4.19. The molecule has 0 unspecified atom stereocenters. The normalized spacial score (nSPS) is 19.4. The van der Waals surface area contributed by atoms with Crippen LogP contribution in [0.1, 0.15) is 52.7 Å². The lowest BCUT2D eigenvalue weighted by Crippen LogP contribution is -2.57. The molecule has 1 aliphatic heterocycles. The van der Waals surface area contributed by atoms with E-state index in [4.69, 9.17) is 0 Å². The number of carbonyl (C=O) groups excluding carboxylic acids is 1. The van der Waals surface area contributed by atoms with Gasteiger partial charge in [-0.05, 0) is 33.1 Å². The highest BCUT2D eigenvalue weighted by Gasteiger charge is 2.51. The molecule has 21 heavy (non-hydrogen) atoms. The maximum atomic E-state index is 13.0. The number of aromatic amines is 2. The number of imidazole rings is 2. The van der Waals surface area contributed by atoms with E-state index >= 15 is 0 Å². The molecule has 1 fully saturated rings. The third-order valence-corrected chi connectivity index (χ3v) is 4.89. The molecule has 6 heteroatoms. The number of hydrogen-bond donors (Lipinski definition) is 2. The Morgan fingerprint density at radius 3 is 2.81 bits per heavy atom. The number of nitrogens with zero attached hydrogens (tertiary/aromatic N) is 3. The third kappa shape index (κ3) is 1.61. The third-order valence-electron chi connectivity index (χ3n) is 4.89. The lowest BCUT2D eigenvalue weighted by atomic mass is 9.70. The van der Waals surface area contributed by atoms with Crippen molar-refractivity contribution in [3.8, 4) is 0 Å². The van der Waals surface area contributed by atoms with Crippen LogP contribution in [0.3, 0.4) is 0 Å². The van der Waals surface area contributed by atoms with Crippen LogP contribution in [0.25, 0.3) is 0 Å². The molecule has 0 aromatic carbocycles. The second-order valence-corrected chi connectivity index (χ2v) is 6.12. The maximum absolute atomic E-state index is 13.0. The summed E-state index contributed by atoms with van der Waals surface area (Å²) in [6.45, 7) is 4.52. The van der Waals surface area contributed by atoms with Crippen molar-refractivity contribution in [1.82, 2.24) is 24.8 Å². The van der Waals surface area contributed by atoms with Gasteiger partial charge in [-0.15, -0.1) is 0 Å². The highest BCUT2D eigenvalue weighted by atomic mass is 16.2. The number of amides is 1. The first-order valence-corrected chi connectivity index (χ1v) is 7.50. The Labute approximate surface area is 123 Å². The summed E-state index contributed by atoms with van der Waals surface area (Å²) in [5, 5.41) is 0. The van der Waals surface area contributed by atoms with Gasteiger partial charge in [-0.25, -0.2) is 9.97 Å². The van der Waals surface area contributed by atoms with Crippen molar-refractivity contribution in [2.45, 2.75) is 45.1 Å². The minimum atomic E-state index is -0.204. The summed E-state index contributed by atoms with van der Waals surface area (Å²) < 4.78 is 0. The van der Waals surface area contributed by atoms with Crippen molar-refractivity contribution in [2.75, 3.05) is 6.54 Å². The van der Waals surface area contributed by atoms with E-state index in [1.165, 1.54) is 5.69 Å². The number of nitrogens with one attached hydrogen (secondary N) is 2. The average Bonchev–Trinajstić information content (AvgIpc) is 3.00. The zero-order valence-electron chi connectivity index (χ0n) is 12.4. The highest BCUT2D eigenvalue weighted by molar-refractivity contribution is 5.94. The Hall–Kier alpha value is -2.11. The second-order valence-electron chi connectivity index (χ2n) is 6.12. The van der Waals surface area contributed by atoms with E-state index < -0.39 is 0 Å². The standard InChI is InChI=1S/C15H19N5O/c1-9-12(19-10(2)18-9)14(21)20-7-4-11-13(17-8-16-11)15(20)5-3-6-15/h8H,3-7H2,1-2H3,(H,16,17)(H,18,19). The van der Waals surface area contributed by atoms with Crippen LogP contribution in [0.4, 0.5) is 0 Å². The van der Waals surface area contributed by atoms with E-state index in [0.29, 0.717) is 5.69 Å². The molecule has 1 aliphatic carbocycles. The van der Waals surface area contributed by atoms with Crippen molar-refractivity contribution < 1.29 is 4.79 Å². The molecule has 1 spiro atoms. The van der Waals surface area contributed by atoms with Crippen molar-refractivity contribution in [3.05, 3.63) is 34.9 Å². The molecule has 3 heterocycles. The quantitative estimate of drug-likeness (QED) is 0.839. The number of rotatable bonds is 1. The molecule has 0 bridgehead atoms. The largest absolute Gasteiger partial charge is 0.348 e. The Bertz CT molecular complexity index is 709. The minimum absolute atomic E-state index is 0.0326. The summed E-state index contributed by atoms with van der Waals surface area (Å²) >= 11 is 0. The van der Waals surface area contributed by atoms with Gasteiger partial charge >= 0.3 is 0 Å². The minimum Gasteiger partial charge on any atom is -0.348 e. The zero-order valence-corrected chi connectivity index (χ0v) is 12.4. The van der Waals surface area contributed by atoms with Crippen LogP contribution in [0.15, 0.2) is 6.33 Å². The van der Waals surface area contributed by atoms with Crippen molar-refractivity contribution in [3.63, 3.8) is 0 Å². The summed E-state index contributed by atoms with van der Waals surface area (Å²) in [6, 6.07) is 0. The average molecular weight is 285 g/mol. The highest BCUT2D eigenvalue weighted by Crippen LogP contribution is 2.49. The van der Waals surface area contributed by atoms with Gasteiger partial charge in [-0.2, -0.15) is 0 Å². The first-order chi connectivity index (χ1) is 10.1. The number of fused-ring (bicyclic) bond motifs is 2. The molecule has 1 amide bonds. The first kappa shape index (κ1) is 12.6. The van der Waals surface area contributed by atoms with Gasteiger partial charge in [0.05, 0.1) is 17.6 Å². The molecule has 2 aromatic rings. The fraction of sp³-hybridized carbons (Fsp3) is 0.533. The fourth-order valence-electron chi connectivity index (χ4n) is 3.74. The number of carbonyl (C=O) groups is 1. The SMILES string of the molecule is Cc1nc(C(=O)N2CCc3[nH]cnc3C23CCC3)c(C)[nH]1. The molecule has 0 radical (unpaired) electrons. The van der Waals surface area contributed by atoms with E-state index in [9.17, 15) is 4.79 Å². The van der Waals surface area contributed by atoms with Gasteiger partial charge in [0.1, 0.15) is 11.5 Å². The first-order valence-electron chi connectivity index (χ1n) is 7.50. The summed E-state index contributed by atoms with van der Waals surface area (Å²) in [7, 11) is 0. The zero-order chi connectivity index (χ0) is 14.6. The Morgan fingerprint density at radius 1 is 1.38 bits per heavy atom. The summed E-state index contributed by atoms with van der Waals surface area (Å²) in [6.07, 6.45) is 5.74. The Kier molecular flexibility index (Phi) is 2.52. The van der Waals surface area contributed by atoms with Crippen LogP contribution in [0.5, 0.6) is 0 Å². The molecule has 2 N–H and O–H groups in total. The van der Waals surface area contributed by atoms with E-state index in [0.717, 1.165) is 49.4 Å². The topological polar surface area (TPSA) is 77.7 Å². The van der Waals surface area contributed by atoms with Gasteiger partial charge < -0.3 is 14.9 Å². The molecule has 6 nitrogen and oxygen atoms in total. The van der Waals surface area contributed by atoms with Crippen molar-refractivity contribution >= 4 is 5.91 Å². The molecule has 0 saturated heterocycles. The molecule has 2 aromatic heterocycles. The van der Waals surface area contributed by atoms with E-state index in [-0.39, 0.29) is 11.4 Å². The predicted molar refractivity (Wildman–Crippen MR) is 76.9 cm³/mol. The Balaban J connectivity index is 1.75. The van der Waals surface area contributed by atoms with Gasteiger partial charge in [0.2, 0.25) is 0 Å². The van der Waals surface area contributed by atoms with Gasteiger partial charge in [0, 0.05) is 24.4 Å². The molecule has 2 aliphatic rings. The predicted octanol–water partition coefficient (Wildman–Crippen LogP) is 1.83. The van der Waals surface area contributed by atoms with Crippen molar-refractivity contribution in [1.29, 1.82) is 0 Å². The van der Waals surface area contributed by atoms with Crippen LogP contribution >= 0.6 is 0 Å². The summed E-state index contributed by atoms with van der Waals surface area (Å²) in [5.41, 5.74) is 3.45. The molecule has 0 atom stereocenters. The number of aromatic nitrogens is 4. The van der Waals surface area contributed by atoms with Crippen LogP contribution < -0.4 is 0 Å². The van der Waals surface area contributed by atoms with Gasteiger partial charge in [0.15, 0.2) is 0 Å². The fourth-order valence-corrected chi connectivity index (χ4v) is 3.74. The van der Waals surface area contributed by atoms with Crippen LogP contribution in [-0.2, 0) is 12.0 Å². The van der Waals surface area contributed by atoms with Crippen LogP contribution in [0.2, 0.25) is 0 Å². The van der Waals surface area contributed by atoms with E-state index in [1.807, 2.05) is 18.7 Å². The lowest BCUT2D eigenvalue weighted by molar-refractivity contribution is 0.00406. The van der Waals surface area contributed by atoms with Gasteiger partial charge in [-0.3, -0.25) is 4.79 Å². The number of aryl methyl sites for hydroxylation is 2. The van der Waals surface area contributed by atoms with E-state index in [1.54, 1.807) is 6.33 Å².